The molecule has 3 aromatic rings. The molecule has 3 rings (SSSR count). The molecule has 0 spiro atoms. The third-order valence-corrected chi connectivity index (χ3v) is 3.77. The van der Waals surface area contributed by atoms with Gasteiger partial charge in [0, 0.05) is 23.5 Å². The first-order valence-corrected chi connectivity index (χ1v) is 8.19. The summed E-state index contributed by atoms with van der Waals surface area (Å²) in [6.07, 6.45) is 2.42. The number of nitrogen functional groups attached to an aromatic ring is 1. The van der Waals surface area contributed by atoms with Crippen LogP contribution < -0.4 is 16.4 Å². The number of nitrogens with two attached hydrogens (primary N) is 1. The number of hydrogen-bond donors (Lipinski definition) is 3. The van der Waals surface area contributed by atoms with Crippen LogP contribution in [-0.4, -0.2) is 11.8 Å². The van der Waals surface area contributed by atoms with Crippen molar-refractivity contribution in [2.75, 3.05) is 16.4 Å². The second-order valence-electron chi connectivity index (χ2n) is 5.80. The number of benzene rings is 2. The topological polar surface area (TPSA) is 97.4 Å². The maximum absolute atomic E-state index is 12.1. The number of hydrogen-bond acceptors (Lipinski definition) is 4. The number of anilines is 3. The van der Waals surface area contributed by atoms with Gasteiger partial charge in [0.2, 0.25) is 5.91 Å². The molecule has 0 aliphatic rings. The highest BCUT2D eigenvalue weighted by molar-refractivity contribution is 6.02. The lowest BCUT2D eigenvalue weighted by Gasteiger charge is -2.08. The van der Waals surface area contributed by atoms with Crippen molar-refractivity contribution in [1.82, 2.24) is 0 Å². The number of furan rings is 1. The first-order chi connectivity index (χ1) is 12.6. The summed E-state index contributed by atoms with van der Waals surface area (Å²) in [5, 5.41) is 5.56. The fourth-order valence-electron chi connectivity index (χ4n) is 2.44. The number of nitrogens with one attached hydrogen (secondary N) is 2. The van der Waals surface area contributed by atoms with Crippen molar-refractivity contribution >= 4 is 28.9 Å². The van der Waals surface area contributed by atoms with Crippen LogP contribution in [0.3, 0.4) is 0 Å². The molecule has 4 N–H and O–H groups in total. The van der Waals surface area contributed by atoms with E-state index in [-0.39, 0.29) is 17.6 Å². The normalized spacial score (nSPS) is 10.3. The van der Waals surface area contributed by atoms with Gasteiger partial charge < -0.3 is 20.8 Å². The van der Waals surface area contributed by atoms with E-state index in [1.54, 1.807) is 36.4 Å². The molecule has 0 bridgehead atoms. The lowest BCUT2D eigenvalue weighted by Crippen LogP contribution is -2.14. The molecule has 6 heteroatoms. The number of rotatable bonds is 6. The minimum absolute atomic E-state index is 0.101. The van der Waals surface area contributed by atoms with Gasteiger partial charge in [-0.1, -0.05) is 18.2 Å². The minimum Gasteiger partial charge on any atom is -0.459 e. The lowest BCUT2D eigenvalue weighted by atomic mass is 10.1. The van der Waals surface area contributed by atoms with Gasteiger partial charge in [0.1, 0.15) is 0 Å². The molecule has 132 valence electrons. The zero-order valence-corrected chi connectivity index (χ0v) is 14.1. The molecule has 26 heavy (non-hydrogen) atoms. The summed E-state index contributed by atoms with van der Waals surface area (Å²) in [6.45, 7) is 0. The molecule has 0 unspecified atom stereocenters. The third kappa shape index (κ3) is 4.73. The summed E-state index contributed by atoms with van der Waals surface area (Å²) in [5.74, 6) is -0.221. The number of carbonyl (C=O) groups excluding carboxylic acids is 2. The Morgan fingerprint density at radius 3 is 2.35 bits per heavy atom. The van der Waals surface area contributed by atoms with Gasteiger partial charge in [0.05, 0.1) is 6.26 Å². The fourth-order valence-corrected chi connectivity index (χ4v) is 2.44. The second kappa shape index (κ2) is 8.02. The van der Waals surface area contributed by atoms with E-state index in [9.17, 15) is 9.59 Å². The Kier molecular flexibility index (Phi) is 5.34. The standard InChI is InChI=1S/C20H19N3O3/c21-15-9-6-14(7-10-15)8-11-19(24)22-16-3-1-4-17(13-16)23-20(25)18-5-2-12-26-18/h1-7,9-10,12-13H,8,11,21H2,(H,22,24)(H,23,25). The van der Waals surface area contributed by atoms with Crippen molar-refractivity contribution in [3.63, 3.8) is 0 Å². The van der Waals surface area contributed by atoms with Crippen LogP contribution in [0.1, 0.15) is 22.5 Å². The van der Waals surface area contributed by atoms with Crippen molar-refractivity contribution in [3.05, 3.63) is 78.3 Å². The van der Waals surface area contributed by atoms with Crippen LogP contribution in [-0.2, 0) is 11.2 Å². The van der Waals surface area contributed by atoms with Crippen LogP contribution in [0, 0.1) is 0 Å². The van der Waals surface area contributed by atoms with E-state index in [0.717, 1.165) is 5.56 Å². The maximum atomic E-state index is 12.1. The van der Waals surface area contributed by atoms with E-state index in [2.05, 4.69) is 10.6 Å². The Labute approximate surface area is 151 Å². The van der Waals surface area contributed by atoms with Crippen LogP contribution >= 0.6 is 0 Å². The van der Waals surface area contributed by atoms with Gasteiger partial charge in [-0.15, -0.1) is 0 Å². The monoisotopic (exact) mass is 349 g/mol. The van der Waals surface area contributed by atoms with Crippen molar-refractivity contribution in [3.8, 4) is 0 Å². The van der Waals surface area contributed by atoms with Crippen LogP contribution in [0.4, 0.5) is 17.1 Å². The average Bonchev–Trinajstić information content (AvgIpc) is 3.16. The second-order valence-corrected chi connectivity index (χ2v) is 5.80. The lowest BCUT2D eigenvalue weighted by molar-refractivity contribution is -0.116. The number of carbonyl (C=O) groups is 2. The summed E-state index contributed by atoms with van der Waals surface area (Å²) < 4.78 is 5.05. The molecule has 0 saturated heterocycles. The van der Waals surface area contributed by atoms with E-state index in [1.807, 2.05) is 24.3 Å². The first kappa shape index (κ1) is 17.3. The molecule has 2 amide bonds. The van der Waals surface area contributed by atoms with Crippen LogP contribution in [0.15, 0.2) is 71.3 Å². The smallest absolute Gasteiger partial charge is 0.291 e. The van der Waals surface area contributed by atoms with Gasteiger partial charge in [-0.3, -0.25) is 9.59 Å². The Morgan fingerprint density at radius 2 is 1.65 bits per heavy atom. The molecule has 0 aliphatic carbocycles. The predicted octanol–water partition coefficient (Wildman–Crippen LogP) is 3.69. The number of amides is 2. The van der Waals surface area contributed by atoms with Gasteiger partial charge in [0.25, 0.3) is 5.91 Å². The van der Waals surface area contributed by atoms with Crippen LogP contribution in [0.5, 0.6) is 0 Å². The zero-order chi connectivity index (χ0) is 18.4. The van der Waals surface area contributed by atoms with Crippen molar-refractivity contribution < 1.29 is 14.0 Å². The molecule has 0 atom stereocenters. The Hall–Kier alpha value is -3.54. The van der Waals surface area contributed by atoms with Gasteiger partial charge >= 0.3 is 0 Å². The van der Waals surface area contributed by atoms with Gasteiger partial charge in [-0.2, -0.15) is 0 Å². The molecular formula is C20H19N3O3. The summed E-state index contributed by atoms with van der Waals surface area (Å²) in [4.78, 5) is 24.1. The quantitative estimate of drug-likeness (QED) is 0.591. The first-order valence-electron chi connectivity index (χ1n) is 8.19. The SMILES string of the molecule is Nc1ccc(CCC(=O)Nc2cccc(NC(=O)c3ccco3)c2)cc1. The van der Waals surface area contributed by atoms with Crippen LogP contribution in [0.25, 0.3) is 0 Å². The highest BCUT2D eigenvalue weighted by atomic mass is 16.3. The summed E-state index contributed by atoms with van der Waals surface area (Å²) in [7, 11) is 0. The minimum atomic E-state index is -0.346. The molecule has 1 aromatic heterocycles. The van der Waals surface area contributed by atoms with Crippen molar-refractivity contribution in [1.29, 1.82) is 0 Å². The predicted molar refractivity (Wildman–Crippen MR) is 101 cm³/mol. The average molecular weight is 349 g/mol. The Morgan fingerprint density at radius 1 is 0.923 bits per heavy atom. The summed E-state index contributed by atoms with van der Waals surface area (Å²) >= 11 is 0. The zero-order valence-electron chi connectivity index (χ0n) is 14.1. The molecular weight excluding hydrogens is 330 g/mol. The largest absolute Gasteiger partial charge is 0.459 e. The van der Waals surface area contributed by atoms with E-state index in [0.29, 0.717) is 29.9 Å². The third-order valence-electron chi connectivity index (χ3n) is 3.77. The molecule has 0 saturated carbocycles. The molecule has 6 nitrogen and oxygen atoms in total. The fraction of sp³-hybridized carbons (Fsp3) is 0.100. The van der Waals surface area contributed by atoms with Gasteiger partial charge in [0.15, 0.2) is 5.76 Å². The van der Waals surface area contributed by atoms with E-state index in [4.69, 9.17) is 10.2 Å². The molecule has 0 radical (unpaired) electrons. The highest BCUT2D eigenvalue weighted by Crippen LogP contribution is 2.17. The maximum Gasteiger partial charge on any atom is 0.291 e. The van der Waals surface area contributed by atoms with Crippen molar-refractivity contribution in [2.45, 2.75) is 12.8 Å². The summed E-state index contributed by atoms with van der Waals surface area (Å²) in [6, 6.07) is 17.6. The molecule has 1 heterocycles. The molecule has 2 aromatic carbocycles. The molecule has 0 fully saturated rings. The Bertz CT molecular complexity index is 887. The van der Waals surface area contributed by atoms with E-state index < -0.39 is 0 Å². The van der Waals surface area contributed by atoms with Gasteiger partial charge in [-0.05, 0) is 54.4 Å². The number of aryl methyl sites for hydroxylation is 1. The van der Waals surface area contributed by atoms with Gasteiger partial charge in [-0.25, -0.2) is 0 Å². The molecule has 0 aliphatic heterocycles. The van der Waals surface area contributed by atoms with E-state index >= 15 is 0 Å². The van der Waals surface area contributed by atoms with Crippen LogP contribution in [0.2, 0.25) is 0 Å². The summed E-state index contributed by atoms with van der Waals surface area (Å²) in [5.41, 5.74) is 8.59. The Balaban J connectivity index is 1.55. The highest BCUT2D eigenvalue weighted by Gasteiger charge is 2.09. The van der Waals surface area contributed by atoms with E-state index in [1.165, 1.54) is 6.26 Å². The van der Waals surface area contributed by atoms with Crippen molar-refractivity contribution in [2.24, 2.45) is 0 Å².